The monoisotopic (exact) mass is 423 g/mol. The van der Waals surface area contributed by atoms with Crippen LogP contribution in [0.5, 0.6) is 0 Å². The molecule has 2 aromatic rings. The summed E-state index contributed by atoms with van der Waals surface area (Å²) in [7, 11) is -3.73. The SMILES string of the molecule is CC[C@@H](C(=O)Nc1cccc(NC(C)=O)c1)N(c1ccc(Cl)cc1)S(C)(=O)=O. The van der Waals surface area contributed by atoms with Gasteiger partial charge in [-0.2, -0.15) is 0 Å². The van der Waals surface area contributed by atoms with Crippen molar-refractivity contribution in [3.05, 3.63) is 53.6 Å². The number of hydrogen-bond donors (Lipinski definition) is 2. The van der Waals surface area contributed by atoms with Gasteiger partial charge in [0.1, 0.15) is 6.04 Å². The highest BCUT2D eigenvalue weighted by molar-refractivity contribution is 7.92. The highest BCUT2D eigenvalue weighted by atomic mass is 35.5. The Labute approximate surface area is 169 Å². The van der Waals surface area contributed by atoms with Crippen LogP contribution < -0.4 is 14.9 Å². The number of benzene rings is 2. The van der Waals surface area contributed by atoms with Gasteiger partial charge in [-0.1, -0.05) is 24.6 Å². The van der Waals surface area contributed by atoms with E-state index in [9.17, 15) is 18.0 Å². The van der Waals surface area contributed by atoms with Gasteiger partial charge in [0, 0.05) is 23.3 Å². The topological polar surface area (TPSA) is 95.6 Å². The summed E-state index contributed by atoms with van der Waals surface area (Å²) in [5, 5.41) is 5.81. The maximum atomic E-state index is 12.9. The molecular formula is C19H22ClN3O4S. The Hall–Kier alpha value is -2.58. The van der Waals surface area contributed by atoms with Crippen LogP contribution in [0.3, 0.4) is 0 Å². The second kappa shape index (κ2) is 9.07. The fourth-order valence-corrected chi connectivity index (χ4v) is 4.09. The number of sulfonamides is 1. The lowest BCUT2D eigenvalue weighted by molar-refractivity contribution is -0.117. The first-order valence-corrected chi connectivity index (χ1v) is 10.8. The summed E-state index contributed by atoms with van der Waals surface area (Å²) >= 11 is 5.89. The molecule has 1 atom stereocenters. The highest BCUT2D eigenvalue weighted by Crippen LogP contribution is 2.25. The molecule has 0 saturated heterocycles. The first kappa shape index (κ1) is 21.7. The van der Waals surface area contributed by atoms with E-state index >= 15 is 0 Å². The normalized spacial score (nSPS) is 12.1. The predicted octanol–water partition coefficient (Wildman–Crippen LogP) is 3.48. The number of carbonyl (C=O) groups is 2. The molecular weight excluding hydrogens is 402 g/mol. The number of carbonyl (C=O) groups excluding carboxylic acids is 2. The Balaban J connectivity index is 2.32. The summed E-state index contributed by atoms with van der Waals surface area (Å²) in [4.78, 5) is 24.1. The van der Waals surface area contributed by atoms with E-state index < -0.39 is 22.0 Å². The lowest BCUT2D eigenvalue weighted by Crippen LogP contribution is -2.47. The lowest BCUT2D eigenvalue weighted by atomic mass is 10.1. The maximum Gasteiger partial charge on any atom is 0.248 e. The van der Waals surface area contributed by atoms with E-state index in [1.165, 1.54) is 6.92 Å². The Morgan fingerprint density at radius 2 is 1.64 bits per heavy atom. The second-order valence-electron chi connectivity index (χ2n) is 6.21. The minimum atomic E-state index is -3.73. The molecule has 0 aliphatic heterocycles. The Morgan fingerprint density at radius 3 is 2.14 bits per heavy atom. The zero-order valence-corrected chi connectivity index (χ0v) is 17.3. The van der Waals surface area contributed by atoms with Gasteiger partial charge >= 0.3 is 0 Å². The third-order valence-electron chi connectivity index (χ3n) is 3.86. The van der Waals surface area contributed by atoms with Gasteiger partial charge in [-0.05, 0) is 48.9 Å². The maximum absolute atomic E-state index is 12.9. The number of amides is 2. The molecule has 0 saturated carbocycles. The lowest BCUT2D eigenvalue weighted by Gasteiger charge is -2.30. The zero-order chi connectivity index (χ0) is 20.9. The number of halogens is 1. The smallest absolute Gasteiger partial charge is 0.248 e. The number of nitrogens with one attached hydrogen (secondary N) is 2. The van der Waals surface area contributed by atoms with Gasteiger partial charge in [0.15, 0.2) is 0 Å². The average molecular weight is 424 g/mol. The van der Waals surface area contributed by atoms with Crippen molar-refractivity contribution in [2.24, 2.45) is 0 Å². The van der Waals surface area contributed by atoms with Gasteiger partial charge in [0.25, 0.3) is 0 Å². The van der Waals surface area contributed by atoms with Crippen LogP contribution in [0.1, 0.15) is 20.3 Å². The van der Waals surface area contributed by atoms with Gasteiger partial charge in [-0.3, -0.25) is 13.9 Å². The van der Waals surface area contributed by atoms with Crippen LogP contribution in [0.15, 0.2) is 48.5 Å². The molecule has 0 aliphatic rings. The highest BCUT2D eigenvalue weighted by Gasteiger charge is 2.31. The number of hydrogen-bond acceptors (Lipinski definition) is 4. The summed E-state index contributed by atoms with van der Waals surface area (Å²) in [5.41, 5.74) is 1.32. The van der Waals surface area contributed by atoms with Crippen LogP contribution in [-0.2, 0) is 19.6 Å². The summed E-state index contributed by atoms with van der Waals surface area (Å²) in [5.74, 6) is -0.719. The van der Waals surface area contributed by atoms with Crippen LogP contribution >= 0.6 is 11.6 Å². The molecule has 0 heterocycles. The molecule has 2 rings (SSSR count). The van der Waals surface area contributed by atoms with Crippen LogP contribution in [0.25, 0.3) is 0 Å². The van der Waals surface area contributed by atoms with Crippen molar-refractivity contribution in [3.8, 4) is 0 Å². The van der Waals surface area contributed by atoms with Crippen molar-refractivity contribution in [2.45, 2.75) is 26.3 Å². The van der Waals surface area contributed by atoms with Crippen LogP contribution in [0, 0.1) is 0 Å². The summed E-state index contributed by atoms with van der Waals surface area (Å²) in [6.07, 6.45) is 1.31. The average Bonchev–Trinajstić information content (AvgIpc) is 2.59. The van der Waals surface area contributed by atoms with Gasteiger partial charge in [0.2, 0.25) is 21.8 Å². The molecule has 0 unspecified atom stereocenters. The fraction of sp³-hybridized carbons (Fsp3) is 0.263. The van der Waals surface area contributed by atoms with Gasteiger partial charge in [0.05, 0.1) is 11.9 Å². The van der Waals surface area contributed by atoms with E-state index in [0.717, 1.165) is 10.6 Å². The molecule has 9 heteroatoms. The number of anilines is 3. The van der Waals surface area contributed by atoms with Crippen LogP contribution in [0.4, 0.5) is 17.1 Å². The molecule has 150 valence electrons. The van der Waals surface area contributed by atoms with Gasteiger partial charge < -0.3 is 10.6 Å². The summed E-state index contributed by atoms with van der Waals surface area (Å²) in [6, 6.07) is 11.9. The molecule has 2 N–H and O–H groups in total. The molecule has 28 heavy (non-hydrogen) atoms. The van der Waals surface area contributed by atoms with Crippen molar-refractivity contribution >= 4 is 50.5 Å². The van der Waals surface area contributed by atoms with Crippen molar-refractivity contribution in [1.29, 1.82) is 0 Å². The quantitative estimate of drug-likeness (QED) is 0.712. The predicted molar refractivity (Wildman–Crippen MR) is 112 cm³/mol. The second-order valence-corrected chi connectivity index (χ2v) is 8.51. The van der Waals surface area contributed by atoms with Gasteiger partial charge in [-0.25, -0.2) is 8.42 Å². The molecule has 7 nitrogen and oxygen atoms in total. The molecule has 0 radical (unpaired) electrons. The molecule has 0 bridgehead atoms. The van der Waals surface area contributed by atoms with Crippen molar-refractivity contribution in [1.82, 2.24) is 0 Å². The summed E-state index contributed by atoms with van der Waals surface area (Å²) < 4.78 is 25.9. The first-order chi connectivity index (χ1) is 13.1. The zero-order valence-electron chi connectivity index (χ0n) is 15.8. The van der Waals surface area contributed by atoms with Crippen molar-refractivity contribution < 1.29 is 18.0 Å². The van der Waals surface area contributed by atoms with E-state index in [2.05, 4.69) is 10.6 Å². The van der Waals surface area contributed by atoms with Crippen molar-refractivity contribution in [3.63, 3.8) is 0 Å². The van der Waals surface area contributed by atoms with E-state index in [1.807, 2.05) is 0 Å². The number of nitrogens with zero attached hydrogens (tertiary/aromatic N) is 1. The van der Waals surface area contributed by atoms with Crippen LogP contribution in [-0.4, -0.2) is 32.5 Å². The van der Waals surface area contributed by atoms with E-state index in [4.69, 9.17) is 11.6 Å². The Bertz CT molecular complexity index is 961. The Morgan fingerprint density at radius 1 is 1.07 bits per heavy atom. The summed E-state index contributed by atoms with van der Waals surface area (Å²) in [6.45, 7) is 3.11. The number of rotatable bonds is 7. The molecule has 0 aromatic heterocycles. The minimum absolute atomic E-state index is 0.235. The first-order valence-electron chi connectivity index (χ1n) is 8.55. The van der Waals surface area contributed by atoms with E-state index in [1.54, 1.807) is 55.5 Å². The van der Waals surface area contributed by atoms with Crippen LogP contribution in [0.2, 0.25) is 5.02 Å². The molecule has 0 aliphatic carbocycles. The third-order valence-corrected chi connectivity index (χ3v) is 5.29. The fourth-order valence-electron chi connectivity index (χ4n) is 2.75. The van der Waals surface area contributed by atoms with Gasteiger partial charge in [-0.15, -0.1) is 0 Å². The molecule has 0 fully saturated rings. The minimum Gasteiger partial charge on any atom is -0.326 e. The van der Waals surface area contributed by atoms with E-state index in [0.29, 0.717) is 22.1 Å². The third kappa shape index (κ3) is 5.71. The van der Waals surface area contributed by atoms with E-state index in [-0.39, 0.29) is 12.3 Å². The molecule has 2 aromatic carbocycles. The van der Waals surface area contributed by atoms with Crippen molar-refractivity contribution in [2.75, 3.05) is 21.2 Å². The Kier molecular flexibility index (Phi) is 7.04. The molecule has 0 spiro atoms. The largest absolute Gasteiger partial charge is 0.326 e. The molecule has 2 amide bonds. The standard InChI is InChI=1S/C19H22ClN3O4S/c1-4-18(23(28(3,26)27)17-10-8-14(20)9-11-17)19(25)22-16-7-5-6-15(12-16)21-13(2)24/h5-12,18H,4H2,1-3H3,(H,21,24)(H,22,25)/t18-/m0/s1.